The Morgan fingerprint density at radius 1 is 1.06 bits per heavy atom. The first-order chi connectivity index (χ1) is 7.19. The first-order valence-electron chi connectivity index (χ1n) is 4.31. The van der Waals surface area contributed by atoms with Gasteiger partial charge in [-0.1, -0.05) is 41.7 Å². The lowest BCUT2D eigenvalue weighted by Crippen LogP contribution is -2.32. The van der Waals surface area contributed by atoms with Gasteiger partial charge in [0.15, 0.2) is 0 Å². The smallest absolute Gasteiger partial charge is 0.356 e. The Balaban J connectivity index is 0. The van der Waals surface area contributed by atoms with Crippen molar-refractivity contribution in [2.75, 3.05) is 19.8 Å². The third-order valence-corrected chi connectivity index (χ3v) is 2.48. The maximum absolute atomic E-state index is 9.62. The number of aliphatic hydroxyl groups excluding tert-OH is 3. The Bertz CT molecular complexity index is 183. The minimum atomic E-state index is -2.17. The molecule has 4 N–H and O–H groups in total. The molecular weight excluding hydrogens is 282 g/mol. The third kappa shape index (κ3) is 7.49. The SMILES string of the molecule is CCC(CO)(CO)CO.O=C(O)C(Cl)(Cl)Cl. The van der Waals surface area contributed by atoms with Crippen LogP contribution in [0.3, 0.4) is 0 Å². The molecule has 0 fully saturated rings. The molecule has 0 heterocycles. The summed E-state index contributed by atoms with van der Waals surface area (Å²) < 4.78 is -2.17. The maximum atomic E-state index is 9.62. The predicted octanol–water partition coefficient (Wildman–Crippen LogP) is 0.801. The lowest BCUT2D eigenvalue weighted by molar-refractivity contribution is -0.135. The van der Waals surface area contributed by atoms with Crippen molar-refractivity contribution in [3.05, 3.63) is 0 Å². The number of hydrogen-bond donors (Lipinski definition) is 4. The summed E-state index contributed by atoms with van der Waals surface area (Å²) in [5.74, 6) is -1.46. The van der Waals surface area contributed by atoms with E-state index in [4.69, 9.17) is 55.2 Å². The summed E-state index contributed by atoms with van der Waals surface area (Å²) in [4.78, 5) is 9.62. The summed E-state index contributed by atoms with van der Waals surface area (Å²) in [6.45, 7) is 1.35. The van der Waals surface area contributed by atoms with Crippen LogP contribution in [-0.4, -0.2) is 50.0 Å². The molecule has 5 nitrogen and oxygen atoms in total. The molecule has 0 radical (unpaired) electrons. The maximum Gasteiger partial charge on any atom is 0.356 e. The van der Waals surface area contributed by atoms with Crippen molar-refractivity contribution in [3.63, 3.8) is 0 Å². The van der Waals surface area contributed by atoms with Crippen LogP contribution in [0.2, 0.25) is 0 Å². The average molecular weight is 298 g/mol. The van der Waals surface area contributed by atoms with Crippen LogP contribution in [0.4, 0.5) is 0 Å². The van der Waals surface area contributed by atoms with E-state index in [9.17, 15) is 4.79 Å². The second-order valence-electron chi connectivity index (χ2n) is 3.13. The Morgan fingerprint density at radius 3 is 1.31 bits per heavy atom. The number of hydrogen-bond acceptors (Lipinski definition) is 4. The second-order valence-corrected chi connectivity index (χ2v) is 5.41. The molecule has 8 heteroatoms. The van der Waals surface area contributed by atoms with E-state index in [1.165, 1.54) is 0 Å². The van der Waals surface area contributed by atoms with Gasteiger partial charge < -0.3 is 20.4 Å². The van der Waals surface area contributed by atoms with Crippen LogP contribution < -0.4 is 0 Å². The number of carboxylic acids is 1. The van der Waals surface area contributed by atoms with Gasteiger partial charge in [0.25, 0.3) is 3.79 Å². The molecule has 0 aliphatic carbocycles. The largest absolute Gasteiger partial charge is 0.478 e. The zero-order chi connectivity index (χ0) is 13.4. The summed E-state index contributed by atoms with van der Waals surface area (Å²) in [6.07, 6.45) is 0.594. The van der Waals surface area contributed by atoms with Gasteiger partial charge in [-0.3, -0.25) is 0 Å². The van der Waals surface area contributed by atoms with E-state index in [1.54, 1.807) is 0 Å². The molecule has 0 amide bonds. The lowest BCUT2D eigenvalue weighted by atomic mass is 9.88. The number of rotatable bonds is 4. The fraction of sp³-hybridized carbons (Fsp3) is 0.875. The highest BCUT2D eigenvalue weighted by atomic mass is 35.6. The molecule has 0 bridgehead atoms. The number of carbonyl (C=O) groups is 1. The first kappa shape index (κ1) is 18.6. The van der Waals surface area contributed by atoms with Crippen molar-refractivity contribution >= 4 is 40.8 Å². The second kappa shape index (κ2) is 8.33. The molecule has 0 spiro atoms. The van der Waals surface area contributed by atoms with E-state index in [-0.39, 0.29) is 19.8 Å². The fourth-order valence-electron chi connectivity index (χ4n) is 0.485. The van der Waals surface area contributed by atoms with Crippen LogP contribution >= 0.6 is 34.8 Å². The Morgan fingerprint density at radius 2 is 1.31 bits per heavy atom. The van der Waals surface area contributed by atoms with Gasteiger partial charge in [-0.15, -0.1) is 0 Å². The lowest BCUT2D eigenvalue weighted by Gasteiger charge is -2.24. The molecular formula is C8H15Cl3O5. The monoisotopic (exact) mass is 296 g/mol. The Kier molecular flexibility index (Phi) is 9.68. The molecule has 0 rings (SSSR count). The van der Waals surface area contributed by atoms with Gasteiger partial charge in [-0.2, -0.15) is 0 Å². The van der Waals surface area contributed by atoms with Crippen LogP contribution in [-0.2, 0) is 4.79 Å². The van der Waals surface area contributed by atoms with Crippen molar-refractivity contribution in [3.8, 4) is 0 Å². The minimum absolute atomic E-state index is 0.156. The van der Waals surface area contributed by atoms with Gasteiger partial charge in [-0.05, 0) is 6.42 Å². The van der Waals surface area contributed by atoms with Crippen molar-refractivity contribution in [2.45, 2.75) is 17.1 Å². The number of aliphatic hydroxyl groups is 3. The van der Waals surface area contributed by atoms with E-state index < -0.39 is 15.2 Å². The highest BCUT2D eigenvalue weighted by molar-refractivity contribution is 6.75. The van der Waals surface area contributed by atoms with Crippen molar-refractivity contribution < 1.29 is 25.2 Å². The molecule has 0 aromatic rings. The number of carboxylic acid groups (broad SMARTS) is 1. The van der Waals surface area contributed by atoms with Gasteiger partial charge in [0, 0.05) is 5.41 Å². The summed E-state index contributed by atoms with van der Waals surface area (Å²) in [5.41, 5.74) is -0.667. The van der Waals surface area contributed by atoms with E-state index in [0.717, 1.165) is 0 Å². The van der Waals surface area contributed by atoms with Gasteiger partial charge >= 0.3 is 5.97 Å². The van der Waals surface area contributed by atoms with E-state index >= 15 is 0 Å². The minimum Gasteiger partial charge on any atom is -0.478 e. The highest BCUT2D eigenvalue weighted by Gasteiger charge is 2.29. The van der Waals surface area contributed by atoms with Crippen LogP contribution in [0.25, 0.3) is 0 Å². The predicted molar refractivity (Wildman–Crippen MR) is 61.9 cm³/mol. The highest BCUT2D eigenvalue weighted by Crippen LogP contribution is 2.25. The van der Waals surface area contributed by atoms with E-state index in [2.05, 4.69) is 0 Å². The standard InChI is InChI=1S/C6H14O3.C2HCl3O2/c1-2-6(3-7,4-8)5-9;3-2(4,5)1(6)7/h7-9H,2-5H2,1H3;(H,6,7). The van der Waals surface area contributed by atoms with Gasteiger partial charge in [0.2, 0.25) is 0 Å². The number of alkyl halides is 3. The van der Waals surface area contributed by atoms with E-state index in [0.29, 0.717) is 6.42 Å². The molecule has 0 aromatic carbocycles. The molecule has 98 valence electrons. The topological polar surface area (TPSA) is 98.0 Å². The first-order valence-corrected chi connectivity index (χ1v) is 5.45. The van der Waals surface area contributed by atoms with Crippen LogP contribution in [0, 0.1) is 5.41 Å². The molecule has 0 unspecified atom stereocenters. The average Bonchev–Trinajstić information content (AvgIpc) is 2.21. The van der Waals surface area contributed by atoms with Crippen molar-refractivity contribution in [2.24, 2.45) is 5.41 Å². The fourth-order valence-corrected chi connectivity index (χ4v) is 0.485. The summed E-state index contributed by atoms with van der Waals surface area (Å²) >= 11 is 14.4. The summed E-state index contributed by atoms with van der Waals surface area (Å²) in [7, 11) is 0. The van der Waals surface area contributed by atoms with Crippen LogP contribution in [0.5, 0.6) is 0 Å². The normalized spacial score (nSPS) is 11.7. The molecule has 0 aliphatic heterocycles. The van der Waals surface area contributed by atoms with Crippen LogP contribution in [0.15, 0.2) is 0 Å². The van der Waals surface area contributed by atoms with Gasteiger partial charge in [0.1, 0.15) is 0 Å². The van der Waals surface area contributed by atoms with Crippen LogP contribution in [0.1, 0.15) is 13.3 Å². The van der Waals surface area contributed by atoms with Crippen molar-refractivity contribution in [1.29, 1.82) is 0 Å². The molecule has 0 atom stereocenters. The number of aliphatic carboxylic acids is 1. The molecule has 0 saturated heterocycles. The molecule has 0 aliphatic rings. The summed E-state index contributed by atoms with van der Waals surface area (Å²) in [5, 5.41) is 33.8. The third-order valence-electron chi connectivity index (χ3n) is 2.00. The number of halogens is 3. The van der Waals surface area contributed by atoms with Gasteiger partial charge in [0.05, 0.1) is 19.8 Å². The van der Waals surface area contributed by atoms with E-state index in [1.807, 2.05) is 6.92 Å². The Hall–Kier alpha value is 0.220. The van der Waals surface area contributed by atoms with Crippen molar-refractivity contribution in [1.82, 2.24) is 0 Å². The molecule has 16 heavy (non-hydrogen) atoms. The molecule has 0 saturated carbocycles. The Labute approximate surface area is 109 Å². The quantitative estimate of drug-likeness (QED) is 0.575. The zero-order valence-corrected chi connectivity index (χ0v) is 10.9. The summed E-state index contributed by atoms with van der Waals surface area (Å²) in [6, 6.07) is 0. The zero-order valence-electron chi connectivity index (χ0n) is 8.66. The molecule has 0 aromatic heterocycles. The van der Waals surface area contributed by atoms with Gasteiger partial charge in [-0.25, -0.2) is 4.79 Å².